The molecule has 102 valence electrons. The number of benzene rings is 2. The van der Waals surface area contributed by atoms with E-state index in [0.717, 1.165) is 26.3 Å². The van der Waals surface area contributed by atoms with Crippen LogP contribution in [0.5, 0.6) is 0 Å². The average Bonchev–Trinajstić information content (AvgIpc) is 2.93. The lowest BCUT2D eigenvalue weighted by Gasteiger charge is -2.11. The van der Waals surface area contributed by atoms with Crippen molar-refractivity contribution in [3.8, 4) is 0 Å². The number of hydrogen-bond acceptors (Lipinski definition) is 3. The first kappa shape index (κ1) is 14.2. The normalized spacial score (nSPS) is 17.9. The Kier molecular flexibility index (Phi) is 4.48. The molecule has 2 nitrogen and oxygen atoms in total. The maximum atomic E-state index is 4.60. The van der Waals surface area contributed by atoms with E-state index in [0.29, 0.717) is 5.25 Å². The van der Waals surface area contributed by atoms with Crippen molar-refractivity contribution in [2.24, 2.45) is 4.99 Å². The van der Waals surface area contributed by atoms with E-state index in [9.17, 15) is 0 Å². The van der Waals surface area contributed by atoms with Crippen LogP contribution < -0.4 is 5.32 Å². The molecule has 0 amide bonds. The molecule has 0 aliphatic carbocycles. The molecule has 0 fully saturated rings. The van der Waals surface area contributed by atoms with Crippen molar-refractivity contribution in [3.05, 3.63) is 63.0 Å². The fourth-order valence-electron chi connectivity index (χ4n) is 2.01. The van der Waals surface area contributed by atoms with E-state index < -0.39 is 0 Å². The number of amidine groups is 1. The molecular formula is C15H12Br2N2S. The van der Waals surface area contributed by atoms with Crippen LogP contribution in [0.1, 0.15) is 10.8 Å². The topological polar surface area (TPSA) is 24.4 Å². The fourth-order valence-corrected chi connectivity index (χ4v) is 4.23. The van der Waals surface area contributed by atoms with Crippen molar-refractivity contribution < 1.29 is 0 Å². The van der Waals surface area contributed by atoms with Gasteiger partial charge < -0.3 is 5.32 Å². The Bertz CT molecular complexity index is 623. The van der Waals surface area contributed by atoms with Gasteiger partial charge >= 0.3 is 0 Å². The molecule has 3 rings (SSSR count). The molecule has 2 aromatic rings. The quantitative estimate of drug-likeness (QED) is 0.708. The first-order valence-corrected chi connectivity index (χ1v) is 8.67. The number of para-hydroxylation sites is 1. The van der Waals surface area contributed by atoms with Gasteiger partial charge in [-0.15, -0.1) is 0 Å². The van der Waals surface area contributed by atoms with Crippen LogP contribution in [0.15, 0.2) is 62.5 Å². The van der Waals surface area contributed by atoms with Crippen LogP contribution in [-0.4, -0.2) is 11.7 Å². The van der Waals surface area contributed by atoms with Gasteiger partial charge in [0, 0.05) is 8.95 Å². The van der Waals surface area contributed by atoms with Crippen LogP contribution in [0.25, 0.3) is 0 Å². The third-order valence-corrected chi connectivity index (χ3v) is 5.50. The van der Waals surface area contributed by atoms with Gasteiger partial charge in [-0.1, -0.05) is 48.2 Å². The van der Waals surface area contributed by atoms with Crippen molar-refractivity contribution in [1.82, 2.24) is 0 Å². The summed E-state index contributed by atoms with van der Waals surface area (Å²) in [4.78, 5) is 4.60. The summed E-state index contributed by atoms with van der Waals surface area (Å²) < 4.78 is 2.05. The second kappa shape index (κ2) is 6.33. The van der Waals surface area contributed by atoms with Gasteiger partial charge in [-0.3, -0.25) is 4.99 Å². The molecule has 0 radical (unpaired) electrons. The minimum absolute atomic E-state index is 0.403. The highest BCUT2D eigenvalue weighted by Crippen LogP contribution is 2.37. The minimum atomic E-state index is 0.403. The van der Waals surface area contributed by atoms with Gasteiger partial charge in [-0.25, -0.2) is 0 Å². The molecule has 20 heavy (non-hydrogen) atoms. The molecular weight excluding hydrogens is 400 g/mol. The molecule has 5 heteroatoms. The number of hydrogen-bond donors (Lipinski definition) is 1. The average molecular weight is 412 g/mol. The molecule has 1 aliphatic rings. The third-order valence-electron chi connectivity index (χ3n) is 3.02. The molecule has 0 bridgehead atoms. The predicted molar refractivity (Wildman–Crippen MR) is 94.5 cm³/mol. The van der Waals surface area contributed by atoms with Crippen molar-refractivity contribution in [3.63, 3.8) is 0 Å². The van der Waals surface area contributed by atoms with Gasteiger partial charge in [0.2, 0.25) is 0 Å². The van der Waals surface area contributed by atoms with Crippen molar-refractivity contribution in [2.75, 3.05) is 11.9 Å². The van der Waals surface area contributed by atoms with E-state index in [1.54, 1.807) is 11.8 Å². The van der Waals surface area contributed by atoms with Crippen molar-refractivity contribution >= 4 is 54.5 Å². The molecule has 1 unspecified atom stereocenters. The van der Waals surface area contributed by atoms with E-state index in [1.807, 2.05) is 24.3 Å². The monoisotopic (exact) mass is 410 g/mol. The summed E-state index contributed by atoms with van der Waals surface area (Å²) >= 11 is 8.89. The van der Waals surface area contributed by atoms with E-state index >= 15 is 0 Å². The Hall–Kier alpha value is -0.780. The highest BCUT2D eigenvalue weighted by atomic mass is 79.9. The summed E-state index contributed by atoms with van der Waals surface area (Å²) in [7, 11) is 0. The lowest BCUT2D eigenvalue weighted by Crippen LogP contribution is -2.06. The molecule has 1 atom stereocenters. The van der Waals surface area contributed by atoms with E-state index in [-0.39, 0.29) is 0 Å². The van der Waals surface area contributed by atoms with Crippen molar-refractivity contribution in [2.45, 2.75) is 5.25 Å². The zero-order chi connectivity index (χ0) is 13.9. The maximum Gasteiger partial charge on any atom is 0.161 e. The van der Waals surface area contributed by atoms with Gasteiger partial charge in [-0.2, -0.15) is 0 Å². The Morgan fingerprint density at radius 1 is 1.00 bits per heavy atom. The highest BCUT2D eigenvalue weighted by molar-refractivity contribution is 9.11. The van der Waals surface area contributed by atoms with Gasteiger partial charge in [-0.05, 0) is 49.6 Å². The molecule has 0 spiro atoms. The summed E-state index contributed by atoms with van der Waals surface area (Å²) in [6.07, 6.45) is 0. The van der Waals surface area contributed by atoms with Crippen LogP contribution in [0, 0.1) is 0 Å². The lowest BCUT2D eigenvalue weighted by molar-refractivity contribution is 0.966. The van der Waals surface area contributed by atoms with Gasteiger partial charge in [0.05, 0.1) is 17.5 Å². The second-order valence-electron chi connectivity index (χ2n) is 4.38. The second-order valence-corrected chi connectivity index (χ2v) is 7.28. The largest absolute Gasteiger partial charge is 0.333 e. The number of anilines is 1. The predicted octanol–water partition coefficient (Wildman–Crippen LogP) is 5.47. The maximum absolute atomic E-state index is 4.60. The zero-order valence-electron chi connectivity index (χ0n) is 10.5. The van der Waals surface area contributed by atoms with E-state index in [1.165, 1.54) is 5.56 Å². The summed E-state index contributed by atoms with van der Waals surface area (Å²) in [5.41, 5.74) is 2.34. The van der Waals surface area contributed by atoms with E-state index in [4.69, 9.17) is 0 Å². The molecule has 0 saturated heterocycles. The molecule has 0 saturated carbocycles. The zero-order valence-corrected chi connectivity index (χ0v) is 14.5. The highest BCUT2D eigenvalue weighted by Gasteiger charge is 2.22. The summed E-state index contributed by atoms with van der Waals surface area (Å²) in [5.74, 6) is 0. The molecule has 2 aromatic carbocycles. The molecule has 1 heterocycles. The standard InChI is InChI=1S/C15H12Br2N2S/c16-11-7-4-8-12(17)14(11)19-15-18-9-13(20-15)10-5-2-1-3-6-10/h1-8,13H,9H2,(H,18,19). The summed E-state index contributed by atoms with van der Waals surface area (Å²) in [5, 5.41) is 4.76. The van der Waals surface area contributed by atoms with Crippen LogP contribution in [0.3, 0.4) is 0 Å². The summed E-state index contributed by atoms with van der Waals surface area (Å²) in [6, 6.07) is 16.5. The number of thioether (sulfide) groups is 1. The number of halogens is 2. The first-order valence-electron chi connectivity index (χ1n) is 6.21. The van der Waals surface area contributed by atoms with Crippen LogP contribution in [0.2, 0.25) is 0 Å². The van der Waals surface area contributed by atoms with Crippen LogP contribution in [-0.2, 0) is 0 Å². The van der Waals surface area contributed by atoms with Gasteiger partial charge in [0.1, 0.15) is 0 Å². The Balaban J connectivity index is 1.72. The lowest BCUT2D eigenvalue weighted by atomic mass is 10.1. The van der Waals surface area contributed by atoms with Gasteiger partial charge in [0.25, 0.3) is 0 Å². The third kappa shape index (κ3) is 3.10. The van der Waals surface area contributed by atoms with Crippen LogP contribution >= 0.6 is 43.6 Å². The molecule has 0 aromatic heterocycles. The van der Waals surface area contributed by atoms with E-state index in [2.05, 4.69) is 66.4 Å². The van der Waals surface area contributed by atoms with Crippen molar-refractivity contribution in [1.29, 1.82) is 0 Å². The fraction of sp³-hybridized carbons (Fsp3) is 0.133. The SMILES string of the molecule is Brc1cccc(Br)c1NC1=NCC(c2ccccc2)S1. The number of nitrogens with zero attached hydrogens (tertiary/aromatic N) is 1. The summed E-state index contributed by atoms with van der Waals surface area (Å²) in [6.45, 7) is 0.819. The van der Waals surface area contributed by atoms with Gasteiger partial charge in [0.15, 0.2) is 5.17 Å². The first-order chi connectivity index (χ1) is 9.74. The Morgan fingerprint density at radius 3 is 2.40 bits per heavy atom. The number of aliphatic imine (C=N–C) groups is 1. The number of rotatable bonds is 2. The Morgan fingerprint density at radius 2 is 1.70 bits per heavy atom. The Labute approximate surface area is 139 Å². The van der Waals surface area contributed by atoms with Crippen LogP contribution in [0.4, 0.5) is 5.69 Å². The smallest absolute Gasteiger partial charge is 0.161 e. The molecule has 1 aliphatic heterocycles. The minimum Gasteiger partial charge on any atom is -0.333 e. The molecule has 1 N–H and O–H groups in total. The number of nitrogens with one attached hydrogen (secondary N) is 1.